The van der Waals surface area contributed by atoms with Gasteiger partial charge in [-0.1, -0.05) is 6.07 Å². The lowest BCUT2D eigenvalue weighted by Crippen LogP contribution is -2.56. The molecule has 7 heteroatoms. The quantitative estimate of drug-likeness (QED) is 0.898. The van der Waals surface area contributed by atoms with Crippen LogP contribution in [0.1, 0.15) is 44.2 Å². The van der Waals surface area contributed by atoms with Crippen LogP contribution in [0.2, 0.25) is 0 Å². The van der Waals surface area contributed by atoms with E-state index in [9.17, 15) is 4.79 Å². The van der Waals surface area contributed by atoms with Gasteiger partial charge in [-0.15, -0.1) is 5.10 Å². The number of amides is 1. The van der Waals surface area contributed by atoms with Crippen LogP contribution in [-0.2, 0) is 10.5 Å². The molecule has 1 spiro atoms. The molecule has 3 aliphatic rings. The second-order valence-electron chi connectivity index (χ2n) is 7.95. The number of rotatable bonds is 3. The van der Waals surface area contributed by atoms with Crippen molar-refractivity contribution in [2.45, 2.75) is 44.2 Å². The molecule has 2 aromatic rings. The van der Waals surface area contributed by atoms with Gasteiger partial charge in [-0.3, -0.25) is 10.1 Å². The molecule has 3 heterocycles. The molecule has 0 aromatic carbocycles. The molecule has 0 atom stereocenters. The van der Waals surface area contributed by atoms with Gasteiger partial charge in [0.25, 0.3) is 0 Å². The Balaban J connectivity index is 1.44. The molecule has 3 fully saturated rings. The maximum absolute atomic E-state index is 15.8. The molecule has 25 heavy (non-hydrogen) atoms. The Hall–Kier alpha value is -2.02. The van der Waals surface area contributed by atoms with Crippen molar-refractivity contribution >= 4 is 17.5 Å². The highest BCUT2D eigenvalue weighted by Gasteiger charge is 2.48. The number of hydrogen-bond acceptors (Lipinski definition) is 4. The van der Waals surface area contributed by atoms with Gasteiger partial charge in [0.05, 0.1) is 5.69 Å². The summed E-state index contributed by atoms with van der Waals surface area (Å²) in [5.41, 5.74) is 0.0407. The fourth-order valence-corrected chi connectivity index (χ4v) is 4.12. The lowest BCUT2D eigenvalue weighted by atomic mass is 9.65. The molecule has 0 radical (unpaired) electrons. The highest BCUT2D eigenvalue weighted by Crippen LogP contribution is 2.49. The van der Waals surface area contributed by atoms with Gasteiger partial charge >= 0.3 is 0 Å². The highest BCUT2D eigenvalue weighted by molar-refractivity contribution is 5.92. The molecule has 5 rings (SSSR count). The smallest absolute Gasteiger partial charge is 0.249 e. The van der Waals surface area contributed by atoms with E-state index in [-0.39, 0.29) is 17.8 Å². The first-order chi connectivity index (χ1) is 12.1. The third kappa shape index (κ3) is 2.52. The number of nitrogens with one attached hydrogen (secondary N) is 2. The van der Waals surface area contributed by atoms with Crippen molar-refractivity contribution in [3.63, 3.8) is 0 Å². The first kappa shape index (κ1) is 15.3. The molecule has 0 bridgehead atoms. The van der Waals surface area contributed by atoms with Gasteiger partial charge in [-0.25, -0.2) is 8.91 Å². The van der Waals surface area contributed by atoms with Crippen LogP contribution in [0.3, 0.4) is 0 Å². The second-order valence-corrected chi connectivity index (χ2v) is 7.95. The van der Waals surface area contributed by atoms with Crippen molar-refractivity contribution in [1.29, 1.82) is 0 Å². The number of alkyl halides is 1. The van der Waals surface area contributed by atoms with Gasteiger partial charge < -0.3 is 5.32 Å². The normalized spacial score (nSPS) is 24.2. The maximum Gasteiger partial charge on any atom is 0.249 e. The van der Waals surface area contributed by atoms with E-state index in [0.29, 0.717) is 29.6 Å². The van der Waals surface area contributed by atoms with Crippen LogP contribution >= 0.6 is 0 Å². The summed E-state index contributed by atoms with van der Waals surface area (Å²) in [6.45, 7) is 2.02. The summed E-state index contributed by atoms with van der Waals surface area (Å²) in [6, 6.07) is 5.42. The first-order valence-corrected chi connectivity index (χ1v) is 9.14. The van der Waals surface area contributed by atoms with E-state index in [1.165, 1.54) is 0 Å². The van der Waals surface area contributed by atoms with E-state index in [2.05, 4.69) is 20.7 Å². The van der Waals surface area contributed by atoms with Crippen LogP contribution in [0.4, 0.5) is 10.3 Å². The highest BCUT2D eigenvalue weighted by atomic mass is 19.1. The molecule has 1 aliphatic heterocycles. The van der Waals surface area contributed by atoms with Crippen LogP contribution in [0, 0.1) is 11.3 Å². The van der Waals surface area contributed by atoms with E-state index in [4.69, 9.17) is 0 Å². The fraction of sp³-hybridized carbons (Fsp3) is 0.611. The van der Waals surface area contributed by atoms with Crippen molar-refractivity contribution in [3.8, 4) is 0 Å². The standard InChI is InChI=1S/C18H22FN5O/c19-18(8-6-17(7-9-18)10-20-11-17)13-2-1-3-14-21-16(23-24(13)14)22-15(25)12-4-5-12/h1-3,12,20H,4-11H2,(H,22,23,25). The Morgan fingerprint density at radius 3 is 2.64 bits per heavy atom. The Morgan fingerprint density at radius 2 is 2.00 bits per heavy atom. The molecule has 132 valence electrons. The molecule has 2 aliphatic carbocycles. The number of hydrogen-bond donors (Lipinski definition) is 2. The summed E-state index contributed by atoms with van der Waals surface area (Å²) in [4.78, 5) is 16.3. The van der Waals surface area contributed by atoms with Crippen molar-refractivity contribution in [1.82, 2.24) is 19.9 Å². The minimum absolute atomic E-state index is 0.0375. The SMILES string of the molecule is O=C(Nc1nc2cccc(C3(F)CCC4(CC3)CNC4)n2n1)C1CC1. The predicted octanol–water partition coefficient (Wildman–Crippen LogP) is 2.41. The number of halogens is 1. The largest absolute Gasteiger partial charge is 0.316 e. The lowest BCUT2D eigenvalue weighted by Gasteiger charge is -2.49. The summed E-state index contributed by atoms with van der Waals surface area (Å²) in [5.74, 6) is 0.317. The summed E-state index contributed by atoms with van der Waals surface area (Å²) in [6.07, 6.45) is 4.66. The Bertz CT molecular complexity index is 829. The minimum Gasteiger partial charge on any atom is -0.316 e. The van der Waals surface area contributed by atoms with E-state index in [0.717, 1.165) is 38.8 Å². The van der Waals surface area contributed by atoms with Crippen molar-refractivity contribution < 1.29 is 9.18 Å². The molecule has 2 aromatic heterocycles. The number of carbonyl (C=O) groups excluding carboxylic acids is 1. The van der Waals surface area contributed by atoms with Gasteiger partial charge in [-0.05, 0) is 56.1 Å². The van der Waals surface area contributed by atoms with E-state index in [1.807, 2.05) is 6.07 Å². The molecular formula is C18H22FN5O. The summed E-state index contributed by atoms with van der Waals surface area (Å²) >= 11 is 0. The molecule has 6 nitrogen and oxygen atoms in total. The Kier molecular flexibility index (Phi) is 3.20. The average Bonchev–Trinajstić information content (AvgIpc) is 3.34. The lowest BCUT2D eigenvalue weighted by molar-refractivity contribution is -0.117. The number of fused-ring (bicyclic) bond motifs is 1. The van der Waals surface area contributed by atoms with Crippen LogP contribution in [0.25, 0.3) is 5.65 Å². The van der Waals surface area contributed by atoms with E-state index in [1.54, 1.807) is 16.6 Å². The predicted molar refractivity (Wildman–Crippen MR) is 90.9 cm³/mol. The average molecular weight is 343 g/mol. The van der Waals surface area contributed by atoms with Gasteiger partial charge in [-0.2, -0.15) is 4.98 Å². The number of nitrogens with zero attached hydrogens (tertiary/aromatic N) is 3. The number of anilines is 1. The van der Waals surface area contributed by atoms with Crippen LogP contribution in [0.5, 0.6) is 0 Å². The molecule has 0 unspecified atom stereocenters. The molecule has 1 saturated heterocycles. The monoisotopic (exact) mass is 343 g/mol. The van der Waals surface area contributed by atoms with Crippen LogP contribution in [0.15, 0.2) is 18.2 Å². The zero-order valence-electron chi connectivity index (χ0n) is 14.1. The third-order valence-electron chi connectivity index (χ3n) is 6.11. The maximum atomic E-state index is 15.8. The van der Waals surface area contributed by atoms with Crippen LogP contribution < -0.4 is 10.6 Å². The van der Waals surface area contributed by atoms with Crippen molar-refractivity contribution in [2.24, 2.45) is 11.3 Å². The Labute approximate surface area is 145 Å². The molecule has 2 N–H and O–H groups in total. The van der Waals surface area contributed by atoms with Gasteiger partial charge in [0.2, 0.25) is 11.9 Å². The number of aromatic nitrogens is 3. The van der Waals surface area contributed by atoms with Gasteiger partial charge in [0.15, 0.2) is 11.3 Å². The van der Waals surface area contributed by atoms with E-state index >= 15 is 4.39 Å². The van der Waals surface area contributed by atoms with Crippen molar-refractivity contribution in [3.05, 3.63) is 23.9 Å². The van der Waals surface area contributed by atoms with Crippen molar-refractivity contribution in [2.75, 3.05) is 18.4 Å². The fourth-order valence-electron chi connectivity index (χ4n) is 4.12. The molecular weight excluding hydrogens is 321 g/mol. The topological polar surface area (TPSA) is 71.3 Å². The number of carbonyl (C=O) groups is 1. The third-order valence-corrected chi connectivity index (χ3v) is 6.11. The minimum atomic E-state index is -1.38. The second kappa shape index (κ2) is 5.24. The Morgan fingerprint density at radius 1 is 1.24 bits per heavy atom. The van der Waals surface area contributed by atoms with Gasteiger partial charge in [0.1, 0.15) is 0 Å². The summed E-state index contributed by atoms with van der Waals surface area (Å²) in [5, 5.41) is 10.4. The van der Waals surface area contributed by atoms with Gasteiger partial charge in [0, 0.05) is 19.0 Å². The van der Waals surface area contributed by atoms with Crippen LogP contribution in [-0.4, -0.2) is 33.6 Å². The number of pyridine rings is 1. The summed E-state index contributed by atoms with van der Waals surface area (Å²) in [7, 11) is 0. The zero-order valence-corrected chi connectivity index (χ0v) is 14.1. The molecule has 2 saturated carbocycles. The molecule has 1 amide bonds. The first-order valence-electron chi connectivity index (χ1n) is 9.14. The summed E-state index contributed by atoms with van der Waals surface area (Å²) < 4.78 is 17.3. The van der Waals surface area contributed by atoms with E-state index < -0.39 is 5.67 Å². The zero-order chi connectivity index (χ0) is 17.1.